The van der Waals surface area contributed by atoms with Crippen LogP contribution in [0.2, 0.25) is 0 Å². The topological polar surface area (TPSA) is 374 Å². The summed E-state index contributed by atoms with van der Waals surface area (Å²) >= 11 is 0. The third-order valence-corrected chi connectivity index (χ3v) is 16.7. The van der Waals surface area contributed by atoms with E-state index in [1.807, 2.05) is 0 Å². The van der Waals surface area contributed by atoms with Crippen molar-refractivity contribution in [1.82, 2.24) is 38.2 Å². The Balaban J connectivity index is 0.000000127. The van der Waals surface area contributed by atoms with Gasteiger partial charge in [0.25, 0.3) is 22.2 Å². The van der Waals surface area contributed by atoms with E-state index in [4.69, 9.17) is 43.0 Å². The minimum atomic E-state index is -0.790. The predicted molar refractivity (Wildman–Crippen MR) is 269 cm³/mol. The zero-order chi connectivity index (χ0) is 56.2. The Kier molecular flexibility index (Phi) is 16.1. The molecule has 4 spiro atoms. The molecule has 4 saturated heterocycles. The SMILES string of the molecule is COC[C@H]1O[C@@H](n2cc(C)c(=O)[nH]c2=O)C2(CC2)[C@@H]1OC.COC[C@H]1O[C@@H](n2ccc(=O)[nH]c2=O)C2(CC2)[C@@H]1OC.Cc1cn([C@@H]2O[C@H](CO)[C@@H](O)C23CC3)c(=O)[nH]c1=O.O=c1ccn([C@@H]2O[C@H](CO)[C@@H](O)C23CC3)c(=O)[nH]1. The average Bonchev–Trinajstić information content (AvgIpc) is 4.37. The monoisotopic (exact) mass is 1100 g/mol. The second-order valence-electron chi connectivity index (χ2n) is 21.5. The van der Waals surface area contributed by atoms with E-state index in [1.165, 1.54) is 49.0 Å². The molecule has 8 heterocycles. The van der Waals surface area contributed by atoms with Crippen LogP contribution in [-0.4, -0.2) is 162 Å². The highest BCUT2D eigenvalue weighted by Crippen LogP contribution is 2.65. The first kappa shape index (κ1) is 56.9. The summed E-state index contributed by atoms with van der Waals surface area (Å²) in [5.41, 5.74) is -4.23. The molecule has 78 heavy (non-hydrogen) atoms. The number of nitrogens with one attached hydrogen (secondary N) is 4. The van der Waals surface area contributed by atoms with Crippen molar-refractivity contribution >= 4 is 0 Å². The minimum absolute atomic E-state index is 0.105. The van der Waals surface area contributed by atoms with Crippen molar-refractivity contribution in [1.29, 1.82) is 0 Å². The summed E-state index contributed by atoms with van der Waals surface area (Å²) in [5, 5.41) is 38.6. The maximum atomic E-state index is 12.1. The van der Waals surface area contributed by atoms with Gasteiger partial charge in [0.1, 0.15) is 49.3 Å². The minimum Gasteiger partial charge on any atom is -0.394 e. The quantitative estimate of drug-likeness (QED) is 0.0727. The van der Waals surface area contributed by atoms with Crippen LogP contribution in [0.4, 0.5) is 0 Å². The summed E-state index contributed by atoms with van der Waals surface area (Å²) in [4.78, 5) is 102. The highest BCUT2D eigenvalue weighted by molar-refractivity contribution is 5.15. The number of H-pyrrole nitrogens is 4. The number of hydrogen-bond donors (Lipinski definition) is 8. The smallest absolute Gasteiger partial charge is 0.330 e. The molecule has 0 amide bonds. The van der Waals surface area contributed by atoms with Crippen molar-refractivity contribution < 1.29 is 58.3 Å². The molecule has 4 saturated carbocycles. The highest BCUT2D eigenvalue weighted by atomic mass is 16.6. The highest BCUT2D eigenvalue weighted by Gasteiger charge is 2.67. The summed E-state index contributed by atoms with van der Waals surface area (Å²) in [6, 6.07) is 2.56. The van der Waals surface area contributed by atoms with Gasteiger partial charge in [0, 0.05) is 98.1 Å². The van der Waals surface area contributed by atoms with Crippen molar-refractivity contribution in [2.75, 3.05) is 54.9 Å². The maximum Gasteiger partial charge on any atom is 0.330 e. The molecule has 8 aliphatic rings. The molecule has 0 bridgehead atoms. The first-order valence-corrected chi connectivity index (χ1v) is 25.7. The molecule has 0 aromatic carbocycles. The number of aryl methyl sites for hydroxylation is 2. The molecule has 4 aliphatic carbocycles. The van der Waals surface area contributed by atoms with Crippen LogP contribution in [0.15, 0.2) is 75.3 Å². The summed E-state index contributed by atoms with van der Waals surface area (Å²) in [6.07, 6.45) is 6.82. The molecule has 0 radical (unpaired) electrons. The molecule has 28 nitrogen and oxygen atoms in total. The van der Waals surface area contributed by atoms with Gasteiger partial charge >= 0.3 is 22.8 Å². The predicted octanol–water partition coefficient (Wildman–Crippen LogP) is -2.50. The fourth-order valence-electron chi connectivity index (χ4n) is 12.0. The Morgan fingerprint density at radius 2 is 0.795 bits per heavy atom. The van der Waals surface area contributed by atoms with Gasteiger partial charge in [0.05, 0.1) is 50.8 Å². The van der Waals surface area contributed by atoms with Gasteiger partial charge < -0.3 is 58.3 Å². The second kappa shape index (κ2) is 22.1. The Labute approximate surface area is 442 Å². The van der Waals surface area contributed by atoms with E-state index in [0.29, 0.717) is 24.3 Å². The van der Waals surface area contributed by atoms with Crippen molar-refractivity contribution in [2.24, 2.45) is 21.7 Å². The third kappa shape index (κ3) is 10.1. The van der Waals surface area contributed by atoms with Crippen molar-refractivity contribution in [3.8, 4) is 0 Å². The first-order valence-electron chi connectivity index (χ1n) is 25.7. The fraction of sp³-hybridized carbons (Fsp3) is 0.680. The lowest BCUT2D eigenvalue weighted by molar-refractivity contribution is -0.0625. The number of aliphatic hydroxyl groups excluding tert-OH is 4. The lowest BCUT2D eigenvalue weighted by Crippen LogP contribution is -2.37. The summed E-state index contributed by atoms with van der Waals surface area (Å²) < 4.78 is 50.2. The maximum absolute atomic E-state index is 12.1. The normalized spacial score (nSPS) is 31.3. The van der Waals surface area contributed by atoms with Gasteiger partial charge in [-0.25, -0.2) is 19.2 Å². The van der Waals surface area contributed by atoms with Gasteiger partial charge in [-0.1, -0.05) is 0 Å². The van der Waals surface area contributed by atoms with Crippen LogP contribution in [0.3, 0.4) is 0 Å². The lowest BCUT2D eigenvalue weighted by Gasteiger charge is -2.23. The van der Waals surface area contributed by atoms with E-state index in [9.17, 15) is 53.7 Å². The first-order chi connectivity index (χ1) is 37.2. The average molecular weight is 1100 g/mol. The summed E-state index contributed by atoms with van der Waals surface area (Å²) in [6.45, 7) is 3.50. The number of aliphatic hydroxyl groups is 4. The summed E-state index contributed by atoms with van der Waals surface area (Å²) in [7, 11) is 6.52. The third-order valence-electron chi connectivity index (χ3n) is 16.7. The molecule has 4 aromatic heterocycles. The Bertz CT molecular complexity index is 3310. The number of methoxy groups -OCH3 is 4. The Morgan fingerprint density at radius 1 is 0.487 bits per heavy atom. The Morgan fingerprint density at radius 3 is 1.10 bits per heavy atom. The fourth-order valence-corrected chi connectivity index (χ4v) is 12.0. The standard InChI is InChI=1S/C14H20N2O5.C13H18N2O5.C12H16N2O5.C11H14N2O5/c1-8-6-16(13(18)15-11(8)17)12-14(4-5-14)10(20-3)9(21-12)7-19-2;1-18-7-8-10(19-2)13(4-5-13)11(20-8)15-6-3-9(16)14-12(15)17;1-6-4-14(11(18)13-9(6)17)10-12(2-3-12)8(16)7(5-15)19-10;14-5-6-8(16)11(2-3-11)9(18-6)13-4-1-7(15)12-10(13)17/h6,9-10,12H,4-5,7H2,1-3H3,(H,15,17,18);3,6,8,10-11H,4-5,7H2,1-2H3,(H,14,16,17);4,7-8,10,15-16H,2-3,5H2,1H3,(H,13,17,18);1,4,6,8-9,14,16H,2-3,5H2,(H,12,15,17)/t9-,10-,12-;8-,10-,11-;7-,8-,10-;6-,8-,9-/m1111/s1. The molecular formula is C50H68N8O20. The van der Waals surface area contributed by atoms with E-state index in [1.54, 1.807) is 48.5 Å². The van der Waals surface area contributed by atoms with Crippen LogP contribution in [-0.2, 0) is 37.9 Å². The van der Waals surface area contributed by atoms with Crippen LogP contribution in [0, 0.1) is 35.5 Å². The van der Waals surface area contributed by atoms with Crippen LogP contribution < -0.4 is 45.0 Å². The van der Waals surface area contributed by atoms with Gasteiger partial charge in [-0.3, -0.25) is 57.4 Å². The molecule has 28 heteroatoms. The van der Waals surface area contributed by atoms with E-state index >= 15 is 0 Å². The van der Waals surface area contributed by atoms with Crippen molar-refractivity contribution in [3.05, 3.63) is 131 Å². The molecule has 12 rings (SSSR count). The number of aromatic nitrogens is 8. The number of hydrogen-bond acceptors (Lipinski definition) is 20. The molecule has 4 aliphatic heterocycles. The van der Waals surface area contributed by atoms with Crippen LogP contribution in [0.1, 0.15) is 87.4 Å². The van der Waals surface area contributed by atoms with Gasteiger partial charge in [-0.15, -0.1) is 0 Å². The molecule has 4 aromatic rings. The number of nitrogens with zero attached hydrogens (tertiary/aromatic N) is 4. The molecule has 428 valence electrons. The van der Waals surface area contributed by atoms with Crippen LogP contribution >= 0.6 is 0 Å². The van der Waals surface area contributed by atoms with E-state index < -0.39 is 99.6 Å². The largest absolute Gasteiger partial charge is 0.394 e. The van der Waals surface area contributed by atoms with Gasteiger partial charge in [0.2, 0.25) is 0 Å². The van der Waals surface area contributed by atoms with Crippen molar-refractivity contribution in [3.63, 3.8) is 0 Å². The Hall–Kier alpha value is -5.76. The number of aromatic amines is 4. The molecule has 12 atom stereocenters. The zero-order valence-electron chi connectivity index (χ0n) is 44.0. The number of ether oxygens (including phenoxy) is 8. The molecule has 8 fully saturated rings. The van der Waals surface area contributed by atoms with E-state index in [2.05, 4.69) is 19.9 Å². The van der Waals surface area contributed by atoms with Crippen molar-refractivity contribution in [2.45, 2.75) is 139 Å². The van der Waals surface area contributed by atoms with E-state index in [0.717, 1.165) is 51.4 Å². The van der Waals surface area contributed by atoms with Crippen LogP contribution in [0.25, 0.3) is 0 Å². The second-order valence-corrected chi connectivity index (χ2v) is 21.5. The van der Waals surface area contributed by atoms with Gasteiger partial charge in [0.15, 0.2) is 0 Å². The molecule has 8 N–H and O–H groups in total. The lowest BCUT2D eigenvalue weighted by atomic mass is 9.96. The van der Waals surface area contributed by atoms with Gasteiger partial charge in [-0.2, -0.15) is 0 Å². The number of rotatable bonds is 12. The molecule has 0 unspecified atom stereocenters. The molecular weight excluding hydrogens is 1030 g/mol. The van der Waals surface area contributed by atoms with Crippen LogP contribution in [0.5, 0.6) is 0 Å². The summed E-state index contributed by atoms with van der Waals surface area (Å²) in [5.74, 6) is 0. The van der Waals surface area contributed by atoms with E-state index in [-0.39, 0.29) is 54.0 Å². The zero-order valence-corrected chi connectivity index (χ0v) is 44.0. The van der Waals surface area contributed by atoms with Gasteiger partial charge in [-0.05, 0) is 65.2 Å².